The normalized spacial score (nSPS) is 19.1. The molecule has 19 heavy (non-hydrogen) atoms. The highest BCUT2D eigenvalue weighted by molar-refractivity contribution is 9.10. The van der Waals surface area contributed by atoms with E-state index in [1.54, 1.807) is 17.8 Å². The molecule has 5 heteroatoms. The molecule has 0 aliphatic carbocycles. The van der Waals surface area contributed by atoms with Gasteiger partial charge in [0.15, 0.2) is 0 Å². The van der Waals surface area contributed by atoms with Crippen LogP contribution < -0.4 is 0 Å². The molecule has 1 heterocycles. The number of nitriles is 1. The molecule has 1 saturated heterocycles. The Balaban J connectivity index is 2.00. The first-order valence-corrected chi connectivity index (χ1v) is 8.24. The number of hydrogen-bond donors (Lipinski definition) is 0. The minimum atomic E-state index is -0.227. The summed E-state index contributed by atoms with van der Waals surface area (Å²) in [5.74, 6) is -0.218. The van der Waals surface area contributed by atoms with Crippen molar-refractivity contribution in [1.29, 1.82) is 5.26 Å². The molecule has 0 bridgehead atoms. The van der Waals surface area contributed by atoms with E-state index in [1.165, 1.54) is 6.07 Å². The average molecular weight is 343 g/mol. The van der Waals surface area contributed by atoms with Gasteiger partial charge in [0.2, 0.25) is 0 Å². The molecule has 1 aliphatic heterocycles. The van der Waals surface area contributed by atoms with Crippen LogP contribution in [0.5, 0.6) is 0 Å². The van der Waals surface area contributed by atoms with Crippen LogP contribution in [0.1, 0.15) is 18.4 Å². The summed E-state index contributed by atoms with van der Waals surface area (Å²) in [5.41, 5.74) is 0.966. The summed E-state index contributed by atoms with van der Waals surface area (Å²) in [6.45, 7) is 2.50. The first kappa shape index (κ1) is 14.8. The SMILES string of the molecule is CSC1(C#N)CCN(Cc2cccc(F)c2Br)CC1. The Morgan fingerprint density at radius 2 is 2.16 bits per heavy atom. The molecule has 0 unspecified atom stereocenters. The van der Waals surface area contributed by atoms with Crippen molar-refractivity contribution in [2.24, 2.45) is 0 Å². The van der Waals surface area contributed by atoms with Crippen LogP contribution in [0.25, 0.3) is 0 Å². The van der Waals surface area contributed by atoms with Crippen molar-refractivity contribution in [2.75, 3.05) is 19.3 Å². The molecule has 1 fully saturated rings. The van der Waals surface area contributed by atoms with E-state index >= 15 is 0 Å². The number of halogens is 2. The zero-order valence-electron chi connectivity index (χ0n) is 10.8. The van der Waals surface area contributed by atoms with Gasteiger partial charge < -0.3 is 0 Å². The lowest BCUT2D eigenvalue weighted by atomic mass is 9.97. The summed E-state index contributed by atoms with van der Waals surface area (Å²) >= 11 is 4.95. The number of nitrogens with zero attached hydrogens (tertiary/aromatic N) is 2. The quantitative estimate of drug-likeness (QED) is 0.835. The third-order valence-electron chi connectivity index (χ3n) is 3.68. The summed E-state index contributed by atoms with van der Waals surface area (Å²) in [4.78, 5) is 2.28. The van der Waals surface area contributed by atoms with E-state index in [9.17, 15) is 9.65 Å². The first-order valence-electron chi connectivity index (χ1n) is 6.22. The fourth-order valence-electron chi connectivity index (χ4n) is 2.35. The molecule has 0 spiro atoms. The molecule has 0 N–H and O–H groups in total. The van der Waals surface area contributed by atoms with Crippen molar-refractivity contribution >= 4 is 27.7 Å². The highest BCUT2D eigenvalue weighted by atomic mass is 79.9. The van der Waals surface area contributed by atoms with Crippen molar-refractivity contribution in [2.45, 2.75) is 24.1 Å². The monoisotopic (exact) mass is 342 g/mol. The lowest BCUT2D eigenvalue weighted by Gasteiger charge is -2.36. The number of piperidine rings is 1. The lowest BCUT2D eigenvalue weighted by Crippen LogP contribution is -2.41. The van der Waals surface area contributed by atoms with Crippen LogP contribution in [0.3, 0.4) is 0 Å². The van der Waals surface area contributed by atoms with Crippen molar-refractivity contribution < 1.29 is 4.39 Å². The minimum absolute atomic E-state index is 0.218. The van der Waals surface area contributed by atoms with Crippen molar-refractivity contribution in [3.63, 3.8) is 0 Å². The third kappa shape index (κ3) is 3.31. The summed E-state index contributed by atoms with van der Waals surface area (Å²) in [6, 6.07) is 7.57. The van der Waals surface area contributed by atoms with Crippen LogP contribution in [-0.4, -0.2) is 29.0 Å². The minimum Gasteiger partial charge on any atom is -0.299 e. The number of hydrogen-bond acceptors (Lipinski definition) is 3. The van der Waals surface area contributed by atoms with Gasteiger partial charge in [0, 0.05) is 19.6 Å². The van der Waals surface area contributed by atoms with Gasteiger partial charge in [0.25, 0.3) is 0 Å². The van der Waals surface area contributed by atoms with E-state index in [4.69, 9.17) is 0 Å². The molecule has 0 radical (unpaired) electrons. The Labute approximate surface area is 126 Å². The molecule has 2 rings (SSSR count). The second-order valence-corrected chi connectivity index (χ2v) is 6.78. The fraction of sp³-hybridized carbons (Fsp3) is 0.500. The second kappa shape index (κ2) is 6.25. The van der Waals surface area contributed by atoms with Gasteiger partial charge in [0.1, 0.15) is 10.6 Å². The highest BCUT2D eigenvalue weighted by Crippen LogP contribution is 2.34. The molecule has 1 aromatic carbocycles. The number of rotatable bonds is 3. The molecule has 0 aromatic heterocycles. The van der Waals surface area contributed by atoms with E-state index in [1.807, 2.05) is 12.3 Å². The van der Waals surface area contributed by atoms with Gasteiger partial charge in [-0.05, 0) is 46.7 Å². The summed E-state index contributed by atoms with van der Waals surface area (Å²) in [5, 5.41) is 9.25. The smallest absolute Gasteiger partial charge is 0.137 e. The standard InChI is InChI=1S/C14H16BrFN2S/c1-19-14(10-17)5-7-18(8-6-14)9-11-3-2-4-12(16)13(11)15/h2-4H,5-9H2,1H3. The zero-order chi connectivity index (χ0) is 13.9. The highest BCUT2D eigenvalue weighted by Gasteiger charge is 2.33. The van der Waals surface area contributed by atoms with Crippen LogP contribution >= 0.6 is 27.7 Å². The number of thioether (sulfide) groups is 1. The van der Waals surface area contributed by atoms with Gasteiger partial charge in [-0.3, -0.25) is 4.90 Å². The predicted octanol–water partition coefficient (Wildman–Crippen LogP) is 3.81. The summed E-state index contributed by atoms with van der Waals surface area (Å²) in [6.07, 6.45) is 3.75. The maximum atomic E-state index is 13.5. The summed E-state index contributed by atoms with van der Waals surface area (Å²) in [7, 11) is 0. The van der Waals surface area contributed by atoms with Crippen LogP contribution in [0, 0.1) is 17.1 Å². The van der Waals surface area contributed by atoms with Gasteiger partial charge in [-0.25, -0.2) is 4.39 Å². The van der Waals surface area contributed by atoms with Crippen LogP contribution in [-0.2, 0) is 6.54 Å². The van der Waals surface area contributed by atoms with Crippen molar-refractivity contribution in [1.82, 2.24) is 4.90 Å². The Hall–Kier alpha value is -0.570. The summed E-state index contributed by atoms with van der Waals surface area (Å²) < 4.78 is 13.8. The fourth-order valence-corrected chi connectivity index (χ4v) is 3.42. The molecule has 0 amide bonds. The van der Waals surface area contributed by atoms with Crippen molar-refractivity contribution in [3.8, 4) is 6.07 Å². The van der Waals surface area contributed by atoms with E-state index in [0.29, 0.717) is 4.47 Å². The van der Waals surface area contributed by atoms with Gasteiger partial charge in [-0.1, -0.05) is 12.1 Å². The molecule has 0 atom stereocenters. The van der Waals surface area contributed by atoms with Gasteiger partial charge in [-0.2, -0.15) is 5.26 Å². The predicted molar refractivity (Wildman–Crippen MR) is 80.5 cm³/mol. The van der Waals surface area contributed by atoms with Crippen LogP contribution in [0.2, 0.25) is 0 Å². The number of likely N-dealkylation sites (tertiary alicyclic amines) is 1. The topological polar surface area (TPSA) is 27.0 Å². The van der Waals surface area contributed by atoms with E-state index in [0.717, 1.165) is 38.0 Å². The molecule has 2 nitrogen and oxygen atoms in total. The third-order valence-corrected chi connectivity index (χ3v) is 5.85. The second-order valence-electron chi connectivity index (χ2n) is 4.80. The molecule has 0 saturated carbocycles. The Bertz CT molecular complexity index is 493. The van der Waals surface area contributed by atoms with Crippen LogP contribution in [0.15, 0.2) is 22.7 Å². The van der Waals surface area contributed by atoms with Crippen molar-refractivity contribution in [3.05, 3.63) is 34.1 Å². The van der Waals surface area contributed by atoms with E-state index in [2.05, 4.69) is 26.9 Å². The zero-order valence-corrected chi connectivity index (χ0v) is 13.2. The Morgan fingerprint density at radius 1 is 1.47 bits per heavy atom. The Morgan fingerprint density at radius 3 is 2.74 bits per heavy atom. The Kier molecular flexibility index (Phi) is 4.88. The lowest BCUT2D eigenvalue weighted by molar-refractivity contribution is 0.208. The van der Waals surface area contributed by atoms with Crippen LogP contribution in [0.4, 0.5) is 4.39 Å². The average Bonchev–Trinajstić information content (AvgIpc) is 2.45. The molecule has 102 valence electrons. The largest absolute Gasteiger partial charge is 0.299 e. The maximum Gasteiger partial charge on any atom is 0.137 e. The van der Waals surface area contributed by atoms with E-state index < -0.39 is 0 Å². The molecule has 1 aliphatic rings. The molecule has 1 aromatic rings. The molecular formula is C14H16BrFN2S. The first-order chi connectivity index (χ1) is 9.10. The molecular weight excluding hydrogens is 327 g/mol. The van der Waals surface area contributed by atoms with Gasteiger partial charge in [-0.15, -0.1) is 11.8 Å². The maximum absolute atomic E-state index is 13.5. The number of benzene rings is 1. The van der Waals surface area contributed by atoms with Gasteiger partial charge in [0.05, 0.1) is 10.5 Å². The van der Waals surface area contributed by atoms with E-state index in [-0.39, 0.29) is 10.6 Å². The van der Waals surface area contributed by atoms with Gasteiger partial charge >= 0.3 is 0 Å².